The van der Waals surface area contributed by atoms with Crippen LogP contribution in [0.15, 0.2) is 77.9 Å². The van der Waals surface area contributed by atoms with Crippen LogP contribution >= 0.6 is 0 Å². The molecule has 9 heteroatoms. The van der Waals surface area contributed by atoms with Gasteiger partial charge in [-0.2, -0.15) is 0 Å². The number of amides is 1. The van der Waals surface area contributed by atoms with Crippen LogP contribution in [0.25, 0.3) is 22.3 Å². The number of hydrogen-bond acceptors (Lipinski definition) is 7. The highest BCUT2D eigenvalue weighted by Crippen LogP contribution is 2.48. The Kier molecular flexibility index (Phi) is 9.17. The number of benzene rings is 2. The van der Waals surface area contributed by atoms with Gasteiger partial charge in [-0.3, -0.25) is 14.5 Å². The Labute approximate surface area is 289 Å². The highest BCUT2D eigenvalue weighted by Gasteiger charge is 2.40. The molecule has 1 saturated carbocycles. The maximum Gasteiger partial charge on any atom is 0.255 e. The van der Waals surface area contributed by atoms with Crippen LogP contribution < -0.4 is 16.6 Å². The molecular weight excluding hydrogens is 612 g/mol. The van der Waals surface area contributed by atoms with Gasteiger partial charge in [0.2, 0.25) is 0 Å². The van der Waals surface area contributed by atoms with Crippen LogP contribution in [0.3, 0.4) is 0 Å². The van der Waals surface area contributed by atoms with Crippen LogP contribution in [-0.2, 0) is 23.8 Å². The van der Waals surface area contributed by atoms with E-state index in [1.165, 1.54) is 39.3 Å². The van der Waals surface area contributed by atoms with Crippen LogP contribution in [0.1, 0.15) is 72.6 Å². The molecule has 2 aromatic carbocycles. The van der Waals surface area contributed by atoms with E-state index in [0.29, 0.717) is 29.3 Å². The van der Waals surface area contributed by atoms with Crippen LogP contribution in [0.2, 0.25) is 0 Å². The molecule has 1 unspecified atom stereocenters. The molecule has 0 spiro atoms. The molecule has 3 N–H and O–H groups in total. The summed E-state index contributed by atoms with van der Waals surface area (Å²) in [5, 5.41) is 3.15. The molecule has 2 aromatic heterocycles. The molecule has 2 aliphatic carbocycles. The van der Waals surface area contributed by atoms with Crippen LogP contribution in [0.5, 0.6) is 0 Å². The number of carbonyl (C=O) groups is 1. The first kappa shape index (κ1) is 33.2. The molecule has 3 heterocycles. The summed E-state index contributed by atoms with van der Waals surface area (Å²) in [6.07, 6.45) is 7.04. The zero-order chi connectivity index (χ0) is 34.3. The van der Waals surface area contributed by atoms with Gasteiger partial charge in [0.25, 0.3) is 11.5 Å². The fourth-order valence-electron chi connectivity index (χ4n) is 7.85. The van der Waals surface area contributed by atoms with E-state index in [9.17, 15) is 9.59 Å². The third-order valence-electron chi connectivity index (χ3n) is 10.9. The van der Waals surface area contributed by atoms with E-state index < -0.39 is 0 Å². The van der Waals surface area contributed by atoms with Crippen molar-refractivity contribution in [2.45, 2.75) is 69.7 Å². The van der Waals surface area contributed by atoms with Gasteiger partial charge in [0.05, 0.1) is 24.3 Å². The average molecular weight is 661 g/mol. The third-order valence-corrected chi connectivity index (χ3v) is 10.9. The van der Waals surface area contributed by atoms with E-state index in [4.69, 9.17) is 10.5 Å². The second kappa shape index (κ2) is 13.5. The normalized spacial score (nSPS) is 22.2. The first-order valence-electron chi connectivity index (χ1n) is 17.6. The van der Waals surface area contributed by atoms with E-state index in [1.807, 2.05) is 6.07 Å². The summed E-state index contributed by atoms with van der Waals surface area (Å²) < 4.78 is 7.88. The van der Waals surface area contributed by atoms with Gasteiger partial charge in [-0.05, 0) is 83.7 Å². The number of fused-ring (bicyclic) bond motifs is 1. The number of piperazine rings is 1. The number of likely N-dealkylation sites (N-methyl/N-ethyl adjacent to an activating group) is 1. The van der Waals surface area contributed by atoms with Gasteiger partial charge in [-0.25, -0.2) is 4.98 Å². The summed E-state index contributed by atoms with van der Waals surface area (Å²) in [4.78, 5) is 34.9. The predicted octanol–water partition coefficient (Wildman–Crippen LogP) is 5.53. The van der Waals surface area contributed by atoms with Crippen LogP contribution in [0, 0.1) is 0 Å². The summed E-state index contributed by atoms with van der Waals surface area (Å²) >= 11 is 0. The van der Waals surface area contributed by atoms with E-state index >= 15 is 0 Å². The molecule has 256 valence electrons. The number of aryl methyl sites for hydroxylation is 1. The Morgan fingerprint density at radius 2 is 1.67 bits per heavy atom. The highest BCUT2D eigenvalue weighted by atomic mass is 16.5. The number of nitrogen functional groups attached to an aromatic ring is 1. The van der Waals surface area contributed by atoms with Crippen molar-refractivity contribution in [2.75, 3.05) is 39.0 Å². The molecule has 0 radical (unpaired) electrons. The number of rotatable bonds is 8. The Morgan fingerprint density at radius 3 is 2.43 bits per heavy atom. The maximum absolute atomic E-state index is 13.4. The van der Waals surface area contributed by atoms with Gasteiger partial charge in [0, 0.05) is 63.3 Å². The number of hydrogen-bond donors (Lipinski definition) is 2. The molecule has 0 bridgehead atoms. The fourth-order valence-corrected chi connectivity index (χ4v) is 7.85. The molecule has 2 fully saturated rings. The van der Waals surface area contributed by atoms with Gasteiger partial charge in [0.15, 0.2) is 0 Å². The zero-order valence-corrected chi connectivity index (χ0v) is 29.1. The van der Waals surface area contributed by atoms with Crippen molar-refractivity contribution in [3.8, 4) is 22.3 Å². The number of nitrogens with one attached hydrogen (secondary N) is 1. The van der Waals surface area contributed by atoms with Crippen molar-refractivity contribution < 1.29 is 9.53 Å². The second-order valence-electron chi connectivity index (χ2n) is 14.8. The van der Waals surface area contributed by atoms with Crippen molar-refractivity contribution >= 4 is 11.7 Å². The zero-order valence-electron chi connectivity index (χ0n) is 29.1. The van der Waals surface area contributed by atoms with Crippen LogP contribution in [0.4, 0.5) is 5.82 Å². The van der Waals surface area contributed by atoms with Gasteiger partial charge in [-0.15, -0.1) is 0 Å². The molecule has 1 saturated heterocycles. The van der Waals surface area contributed by atoms with Crippen LogP contribution in [-0.4, -0.2) is 70.6 Å². The molecule has 7 rings (SSSR count). The maximum atomic E-state index is 13.4. The monoisotopic (exact) mass is 660 g/mol. The molecule has 3 aliphatic rings. The van der Waals surface area contributed by atoms with Crippen molar-refractivity contribution in [3.63, 3.8) is 0 Å². The third kappa shape index (κ3) is 6.93. The Morgan fingerprint density at radius 1 is 0.939 bits per heavy atom. The average Bonchev–Trinajstić information content (AvgIpc) is 3.65. The smallest absolute Gasteiger partial charge is 0.255 e. The van der Waals surface area contributed by atoms with Gasteiger partial charge in [-0.1, -0.05) is 56.3 Å². The number of nitrogens with zero attached hydrogens (tertiary/aromatic N) is 4. The van der Waals surface area contributed by atoms with Crippen molar-refractivity contribution in [1.82, 2.24) is 24.7 Å². The number of nitrogens with two attached hydrogens (primary N) is 1. The number of pyridine rings is 2. The Hall–Kier alpha value is -4.31. The number of anilines is 1. The van der Waals surface area contributed by atoms with E-state index in [-0.39, 0.29) is 34.8 Å². The lowest BCUT2D eigenvalue weighted by molar-refractivity contribution is 0.0272. The minimum absolute atomic E-state index is 0.0923. The van der Waals surface area contributed by atoms with Crippen molar-refractivity contribution in [2.24, 2.45) is 7.05 Å². The molecule has 49 heavy (non-hydrogen) atoms. The second-order valence-corrected chi connectivity index (χ2v) is 14.8. The standard InChI is InChI=1S/C40H48N6O3/c1-40(2)23-35(46-18-16-44(3)17-19-46)31-13-12-28(21-33(31)40)27-10-8-26(9-11-27)25-49-36-7-5-6-34(36)43-39(48)32-20-30(24-42-38(32)41)29-14-15-45(4)37(47)22-29/h8-15,20-22,24,34-36H,5-7,16-19,23,25H2,1-4H3,(H2,41,42)(H,43,48)/t34-,35?,36-/m0/s1. The number of carbonyl (C=O) groups excluding carboxylic acids is 1. The fraction of sp³-hybridized carbons (Fsp3) is 0.425. The summed E-state index contributed by atoms with van der Waals surface area (Å²) in [6.45, 7) is 9.80. The molecule has 1 aliphatic heterocycles. The highest BCUT2D eigenvalue weighted by molar-refractivity contribution is 5.99. The molecular formula is C40H48N6O3. The summed E-state index contributed by atoms with van der Waals surface area (Å²) in [6, 6.07) is 21.2. The van der Waals surface area contributed by atoms with Gasteiger partial charge in [0.1, 0.15) is 5.82 Å². The molecule has 1 amide bonds. The lowest BCUT2D eigenvalue weighted by atomic mass is 9.85. The molecule has 3 atom stereocenters. The summed E-state index contributed by atoms with van der Waals surface area (Å²) in [7, 11) is 3.91. The van der Waals surface area contributed by atoms with E-state index in [1.54, 1.807) is 25.5 Å². The van der Waals surface area contributed by atoms with Crippen molar-refractivity contribution in [1.29, 1.82) is 0 Å². The van der Waals surface area contributed by atoms with E-state index in [0.717, 1.165) is 51.0 Å². The Bertz CT molecular complexity index is 1890. The topological polar surface area (TPSA) is 106 Å². The lowest BCUT2D eigenvalue weighted by Gasteiger charge is -2.37. The Balaban J connectivity index is 0.983. The SMILES string of the molecule is CN1CCN(C2CC(C)(C)c3cc(-c4ccc(CO[C@H]5CCC[C@@H]5NC(=O)c5cc(-c6ccn(C)c(=O)c6)cnc5N)cc4)ccc32)CC1. The predicted molar refractivity (Wildman–Crippen MR) is 194 cm³/mol. The minimum atomic E-state index is -0.284. The molecule has 9 nitrogen and oxygen atoms in total. The molecule has 4 aromatic rings. The summed E-state index contributed by atoms with van der Waals surface area (Å²) in [5.41, 5.74) is 14.3. The quantitative estimate of drug-likeness (QED) is 0.256. The minimum Gasteiger partial charge on any atom is -0.383 e. The van der Waals surface area contributed by atoms with E-state index in [2.05, 4.69) is 83.5 Å². The van der Waals surface area contributed by atoms with Crippen molar-refractivity contribution in [3.05, 3.63) is 106 Å². The lowest BCUT2D eigenvalue weighted by Crippen LogP contribution is -2.45. The number of ether oxygens (including phenoxy) is 1. The number of aromatic nitrogens is 2. The first-order valence-corrected chi connectivity index (χ1v) is 17.6. The van der Waals surface area contributed by atoms with Gasteiger partial charge < -0.3 is 25.3 Å². The van der Waals surface area contributed by atoms with Gasteiger partial charge >= 0.3 is 0 Å². The summed E-state index contributed by atoms with van der Waals surface area (Å²) in [5.74, 6) is -0.129. The first-order chi connectivity index (χ1) is 23.6. The largest absolute Gasteiger partial charge is 0.383 e.